The van der Waals surface area contributed by atoms with Crippen molar-refractivity contribution in [1.29, 1.82) is 0 Å². The number of hydrogen-bond donors (Lipinski definition) is 1. The fourth-order valence-electron chi connectivity index (χ4n) is 2.60. The Labute approximate surface area is 140 Å². The molecule has 0 bridgehead atoms. The van der Waals surface area contributed by atoms with Gasteiger partial charge in [-0.15, -0.1) is 5.10 Å². The number of amides is 1. The molecular weight excluding hydrogens is 310 g/mol. The summed E-state index contributed by atoms with van der Waals surface area (Å²) in [6, 6.07) is 9.93. The number of nitrogens with one attached hydrogen (secondary N) is 1. The van der Waals surface area contributed by atoms with Crippen molar-refractivity contribution in [2.45, 2.75) is 38.1 Å². The third kappa shape index (κ3) is 4.84. The van der Waals surface area contributed by atoms with Crippen LogP contribution in [0.15, 0.2) is 36.7 Å². The largest absolute Gasteiger partial charge is 0.379 e. The molecule has 0 saturated carbocycles. The van der Waals surface area contributed by atoms with Gasteiger partial charge in [0.05, 0.1) is 25.8 Å². The van der Waals surface area contributed by atoms with E-state index in [0.717, 1.165) is 12.0 Å². The zero-order valence-corrected chi connectivity index (χ0v) is 13.4. The van der Waals surface area contributed by atoms with Crippen LogP contribution in [-0.2, 0) is 27.4 Å². The summed E-state index contributed by atoms with van der Waals surface area (Å²) < 4.78 is 13.0. The average Bonchev–Trinajstić information content (AvgIpc) is 3.14. The Morgan fingerprint density at radius 3 is 3.04 bits per heavy atom. The minimum Gasteiger partial charge on any atom is -0.379 e. The van der Waals surface area contributed by atoms with E-state index in [1.165, 1.54) is 11.0 Å². The third-order valence-electron chi connectivity index (χ3n) is 3.92. The Kier molecular flexibility index (Phi) is 5.86. The van der Waals surface area contributed by atoms with E-state index in [2.05, 4.69) is 20.8 Å². The first-order valence-corrected chi connectivity index (χ1v) is 8.04. The van der Waals surface area contributed by atoms with Crippen LogP contribution >= 0.6 is 0 Å². The lowest BCUT2D eigenvalue weighted by Gasteiger charge is -2.32. The molecule has 8 nitrogen and oxygen atoms in total. The normalized spacial score (nSPS) is 20.7. The molecule has 128 valence electrons. The van der Waals surface area contributed by atoms with Crippen LogP contribution < -0.4 is 5.32 Å². The number of nitrogens with zero attached hydrogens (tertiary/aromatic N) is 4. The monoisotopic (exact) mass is 331 g/mol. The molecule has 1 saturated heterocycles. The zero-order valence-electron chi connectivity index (χ0n) is 13.4. The fourth-order valence-corrected chi connectivity index (χ4v) is 2.60. The average molecular weight is 331 g/mol. The molecule has 1 aliphatic rings. The molecule has 1 amide bonds. The van der Waals surface area contributed by atoms with Crippen molar-refractivity contribution in [3.63, 3.8) is 0 Å². The number of benzene rings is 1. The molecule has 2 heterocycles. The number of ether oxygens (including phenoxy) is 2. The molecule has 0 radical (unpaired) electrons. The van der Waals surface area contributed by atoms with Crippen LogP contribution in [0.3, 0.4) is 0 Å². The van der Waals surface area contributed by atoms with E-state index < -0.39 is 0 Å². The van der Waals surface area contributed by atoms with Crippen LogP contribution in [0, 0.1) is 0 Å². The Balaban J connectivity index is 1.47. The minimum absolute atomic E-state index is 0.0364. The van der Waals surface area contributed by atoms with Crippen LogP contribution in [0.2, 0.25) is 0 Å². The lowest BCUT2D eigenvalue weighted by molar-refractivity contribution is -0.126. The number of carbonyl (C=O) groups excluding carboxylic acids is 1. The molecule has 0 unspecified atom stereocenters. The van der Waals surface area contributed by atoms with E-state index in [1.54, 1.807) is 0 Å². The summed E-state index contributed by atoms with van der Waals surface area (Å²) >= 11 is 0. The highest BCUT2D eigenvalue weighted by Gasteiger charge is 2.27. The van der Waals surface area contributed by atoms with Crippen LogP contribution in [0.1, 0.15) is 18.4 Å². The van der Waals surface area contributed by atoms with Crippen molar-refractivity contribution in [2.75, 3.05) is 13.2 Å². The van der Waals surface area contributed by atoms with Crippen molar-refractivity contribution in [2.24, 2.45) is 0 Å². The van der Waals surface area contributed by atoms with Crippen molar-refractivity contribution >= 4 is 5.91 Å². The van der Waals surface area contributed by atoms with Gasteiger partial charge in [0.25, 0.3) is 0 Å². The van der Waals surface area contributed by atoms with Gasteiger partial charge < -0.3 is 14.8 Å². The van der Waals surface area contributed by atoms with Crippen molar-refractivity contribution in [3.05, 3.63) is 42.2 Å². The quantitative estimate of drug-likeness (QED) is 0.797. The second kappa shape index (κ2) is 8.51. The molecule has 1 aromatic heterocycles. The number of tetrazole rings is 1. The number of carbonyl (C=O) groups is 1. The summed E-state index contributed by atoms with van der Waals surface area (Å²) in [6.45, 7) is 2.08. The first kappa shape index (κ1) is 16.5. The fraction of sp³-hybridized carbons (Fsp3) is 0.500. The maximum atomic E-state index is 12.1. The molecule has 2 atom stereocenters. The SMILES string of the molecule is O=C(CCn1cnnn1)N[C@@H]1CCOC[C@H]1OCc1ccccc1. The summed E-state index contributed by atoms with van der Waals surface area (Å²) in [4.78, 5) is 12.1. The van der Waals surface area contributed by atoms with E-state index in [4.69, 9.17) is 9.47 Å². The van der Waals surface area contributed by atoms with Gasteiger partial charge in [0.15, 0.2) is 0 Å². The number of rotatable bonds is 7. The van der Waals surface area contributed by atoms with Crippen molar-refractivity contribution in [3.8, 4) is 0 Å². The highest BCUT2D eigenvalue weighted by Crippen LogP contribution is 2.14. The second-order valence-electron chi connectivity index (χ2n) is 5.70. The van der Waals surface area contributed by atoms with Gasteiger partial charge in [-0.25, -0.2) is 4.68 Å². The van der Waals surface area contributed by atoms with Gasteiger partial charge >= 0.3 is 0 Å². The van der Waals surface area contributed by atoms with E-state index in [9.17, 15) is 4.79 Å². The molecular formula is C16H21N5O3. The number of aryl methyl sites for hydroxylation is 1. The molecule has 1 N–H and O–H groups in total. The van der Waals surface area contributed by atoms with E-state index in [-0.39, 0.29) is 18.1 Å². The molecule has 1 aromatic carbocycles. The molecule has 8 heteroatoms. The van der Waals surface area contributed by atoms with Crippen molar-refractivity contribution < 1.29 is 14.3 Å². The molecule has 0 spiro atoms. The standard InChI is InChI=1S/C16H21N5O3/c22-16(6-8-21-12-17-19-20-21)18-14-7-9-23-11-15(14)24-10-13-4-2-1-3-5-13/h1-5,12,14-15H,6-11H2,(H,18,22)/t14-,15-/m1/s1. The third-order valence-corrected chi connectivity index (χ3v) is 3.92. The van der Waals surface area contributed by atoms with Crippen LogP contribution in [0.5, 0.6) is 0 Å². The maximum Gasteiger partial charge on any atom is 0.222 e. The topological polar surface area (TPSA) is 91.2 Å². The first-order valence-electron chi connectivity index (χ1n) is 8.04. The maximum absolute atomic E-state index is 12.1. The molecule has 2 aromatic rings. The zero-order chi connectivity index (χ0) is 16.6. The van der Waals surface area contributed by atoms with Gasteiger partial charge in [-0.1, -0.05) is 30.3 Å². The van der Waals surface area contributed by atoms with Crippen LogP contribution in [0.25, 0.3) is 0 Å². The molecule has 24 heavy (non-hydrogen) atoms. The summed E-state index contributed by atoms with van der Waals surface area (Å²) in [5.74, 6) is -0.0364. The van der Waals surface area contributed by atoms with Gasteiger partial charge in [-0.05, 0) is 22.4 Å². The number of aromatic nitrogens is 4. The summed E-state index contributed by atoms with van der Waals surface area (Å²) in [7, 11) is 0. The lowest BCUT2D eigenvalue weighted by atomic mass is 10.1. The van der Waals surface area contributed by atoms with Gasteiger partial charge in [0.1, 0.15) is 12.4 Å². The Bertz CT molecular complexity index is 620. The Hall–Kier alpha value is -2.32. The van der Waals surface area contributed by atoms with Gasteiger partial charge in [-0.3, -0.25) is 4.79 Å². The molecule has 3 rings (SSSR count). The Morgan fingerprint density at radius 2 is 2.25 bits per heavy atom. The summed E-state index contributed by atoms with van der Waals surface area (Å²) in [6.07, 6.45) is 2.42. The van der Waals surface area contributed by atoms with Gasteiger partial charge in [0.2, 0.25) is 5.91 Å². The highest BCUT2D eigenvalue weighted by molar-refractivity contribution is 5.76. The summed E-state index contributed by atoms with van der Waals surface area (Å²) in [5, 5.41) is 13.9. The van der Waals surface area contributed by atoms with E-state index >= 15 is 0 Å². The smallest absolute Gasteiger partial charge is 0.222 e. The van der Waals surface area contributed by atoms with E-state index in [0.29, 0.717) is 32.8 Å². The second-order valence-corrected chi connectivity index (χ2v) is 5.70. The molecule has 1 aliphatic heterocycles. The van der Waals surface area contributed by atoms with E-state index in [1.807, 2.05) is 30.3 Å². The van der Waals surface area contributed by atoms with Crippen LogP contribution in [-0.4, -0.2) is 51.5 Å². The Morgan fingerprint density at radius 1 is 1.38 bits per heavy atom. The lowest BCUT2D eigenvalue weighted by Crippen LogP contribution is -2.50. The van der Waals surface area contributed by atoms with Crippen molar-refractivity contribution in [1.82, 2.24) is 25.5 Å². The molecule has 1 fully saturated rings. The summed E-state index contributed by atoms with van der Waals surface area (Å²) in [5.41, 5.74) is 1.10. The molecule has 0 aliphatic carbocycles. The minimum atomic E-state index is -0.143. The van der Waals surface area contributed by atoms with Gasteiger partial charge in [-0.2, -0.15) is 0 Å². The predicted octanol–water partition coefficient (Wildman–Crippen LogP) is 0.554. The van der Waals surface area contributed by atoms with Crippen LogP contribution in [0.4, 0.5) is 0 Å². The van der Waals surface area contributed by atoms with Gasteiger partial charge in [0, 0.05) is 13.0 Å². The first-order chi connectivity index (χ1) is 11.8. The highest BCUT2D eigenvalue weighted by atomic mass is 16.5. The predicted molar refractivity (Wildman–Crippen MR) is 84.8 cm³/mol. The number of hydrogen-bond acceptors (Lipinski definition) is 6.